The van der Waals surface area contributed by atoms with Gasteiger partial charge in [0.15, 0.2) is 0 Å². The first-order valence-corrected chi connectivity index (χ1v) is 6.22. The molecule has 3 aromatic rings. The molecule has 108 valence electrons. The van der Waals surface area contributed by atoms with Gasteiger partial charge in [-0.2, -0.15) is 5.10 Å². The lowest BCUT2D eigenvalue weighted by molar-refractivity contribution is 0.611. The van der Waals surface area contributed by atoms with Crippen LogP contribution in [0.15, 0.2) is 53.5 Å². The second-order valence-corrected chi connectivity index (χ2v) is 4.41. The Morgan fingerprint density at radius 2 is 1.86 bits per heavy atom. The lowest BCUT2D eigenvalue weighted by atomic mass is 10.2. The molecule has 0 unspecified atom stereocenters. The van der Waals surface area contributed by atoms with Gasteiger partial charge in [-0.25, -0.2) is 4.39 Å². The highest BCUT2D eigenvalue weighted by molar-refractivity contribution is 6.06. The number of aliphatic imine (C=N–C) groups is 1. The van der Waals surface area contributed by atoms with Gasteiger partial charge >= 0.3 is 0 Å². The number of fused-ring (bicyclic) bond motifs is 1. The van der Waals surface area contributed by atoms with Crippen molar-refractivity contribution in [1.82, 2.24) is 10.2 Å². The largest absolute Gasteiger partial charge is 0.382 e. The van der Waals surface area contributed by atoms with Crippen molar-refractivity contribution in [2.24, 2.45) is 10.7 Å². The molecule has 0 radical (unpaired) electrons. The van der Waals surface area contributed by atoms with Crippen LogP contribution in [0.3, 0.4) is 0 Å². The summed E-state index contributed by atoms with van der Waals surface area (Å²) in [5, 5.41) is 7.95. The van der Waals surface area contributed by atoms with Crippen molar-refractivity contribution in [3.05, 3.63) is 65.6 Å². The monoisotopic (exact) mass is 304 g/mol. The molecule has 0 saturated heterocycles. The standard InChI is InChI=1S/C15H13FN4.ClH/c16-12-7-3-1-5-10(12)9-18-15(17)14-11-6-2-4-8-13(11)19-20-14;/h1-8H,9H2,(H2,17,18)(H,19,20);1H. The van der Waals surface area contributed by atoms with E-state index in [1.54, 1.807) is 18.2 Å². The molecule has 0 spiro atoms. The lowest BCUT2D eigenvalue weighted by Gasteiger charge is -2.00. The molecule has 3 N–H and O–H groups in total. The maximum atomic E-state index is 13.5. The Morgan fingerprint density at radius 3 is 2.67 bits per heavy atom. The minimum Gasteiger partial charge on any atom is -0.382 e. The molecule has 0 saturated carbocycles. The number of benzene rings is 2. The van der Waals surface area contributed by atoms with E-state index in [4.69, 9.17) is 5.73 Å². The van der Waals surface area contributed by atoms with Crippen molar-refractivity contribution in [2.45, 2.75) is 6.54 Å². The van der Waals surface area contributed by atoms with E-state index >= 15 is 0 Å². The highest BCUT2D eigenvalue weighted by Crippen LogP contribution is 2.15. The van der Waals surface area contributed by atoms with Gasteiger partial charge in [-0.15, -0.1) is 12.4 Å². The molecule has 0 bridgehead atoms. The predicted octanol–water partition coefficient (Wildman–Crippen LogP) is 3.03. The summed E-state index contributed by atoms with van der Waals surface area (Å²) in [4.78, 5) is 4.22. The second-order valence-electron chi connectivity index (χ2n) is 4.41. The quantitative estimate of drug-likeness (QED) is 0.577. The second kappa shape index (κ2) is 6.37. The van der Waals surface area contributed by atoms with E-state index in [-0.39, 0.29) is 24.8 Å². The van der Waals surface area contributed by atoms with Crippen LogP contribution >= 0.6 is 12.4 Å². The number of hydrogen-bond acceptors (Lipinski definition) is 2. The summed E-state index contributed by atoms with van der Waals surface area (Å²) < 4.78 is 13.5. The average Bonchev–Trinajstić information content (AvgIpc) is 2.90. The average molecular weight is 305 g/mol. The van der Waals surface area contributed by atoms with E-state index in [0.717, 1.165) is 10.9 Å². The first kappa shape index (κ1) is 15.0. The molecule has 3 rings (SSSR count). The molecule has 0 amide bonds. The van der Waals surface area contributed by atoms with Crippen LogP contribution in [-0.4, -0.2) is 16.0 Å². The molecule has 1 heterocycles. The zero-order valence-corrected chi connectivity index (χ0v) is 11.9. The molecule has 1 aromatic heterocycles. The SMILES string of the molecule is Cl.NC(=NCc1ccccc1F)c1n[nH]c2ccccc12. The Balaban J connectivity index is 0.00000161. The van der Waals surface area contributed by atoms with Gasteiger partial charge in [0.2, 0.25) is 0 Å². The van der Waals surface area contributed by atoms with Crippen LogP contribution in [-0.2, 0) is 6.54 Å². The first-order chi connectivity index (χ1) is 9.75. The third-order valence-electron chi connectivity index (χ3n) is 3.09. The topological polar surface area (TPSA) is 67.1 Å². The number of aromatic nitrogens is 2. The molecule has 6 heteroatoms. The molecular formula is C15H14ClFN4. The van der Waals surface area contributed by atoms with Crippen molar-refractivity contribution in [1.29, 1.82) is 0 Å². The number of hydrogen-bond donors (Lipinski definition) is 2. The molecule has 0 atom stereocenters. The highest BCUT2D eigenvalue weighted by atomic mass is 35.5. The Kier molecular flexibility index (Phi) is 4.55. The van der Waals surface area contributed by atoms with E-state index < -0.39 is 0 Å². The number of nitrogens with one attached hydrogen (secondary N) is 1. The Hall–Kier alpha value is -2.40. The molecule has 0 aliphatic rings. The minimum absolute atomic E-state index is 0. The van der Waals surface area contributed by atoms with Crippen LogP contribution in [0.5, 0.6) is 0 Å². The van der Waals surface area contributed by atoms with Gasteiger partial charge in [-0.05, 0) is 12.1 Å². The Labute approximate surface area is 127 Å². The number of halogens is 2. The smallest absolute Gasteiger partial charge is 0.147 e. The van der Waals surface area contributed by atoms with Crippen molar-refractivity contribution < 1.29 is 4.39 Å². The molecule has 0 fully saturated rings. The molecule has 4 nitrogen and oxygen atoms in total. The maximum absolute atomic E-state index is 13.5. The normalized spacial score (nSPS) is 11.4. The number of rotatable bonds is 3. The number of H-pyrrole nitrogens is 1. The Morgan fingerprint density at radius 1 is 1.14 bits per heavy atom. The van der Waals surface area contributed by atoms with Crippen LogP contribution < -0.4 is 5.73 Å². The first-order valence-electron chi connectivity index (χ1n) is 6.22. The third-order valence-corrected chi connectivity index (χ3v) is 3.09. The van der Waals surface area contributed by atoms with Crippen molar-refractivity contribution >= 4 is 29.1 Å². The fraction of sp³-hybridized carbons (Fsp3) is 0.0667. The van der Waals surface area contributed by atoms with Crippen molar-refractivity contribution in [3.63, 3.8) is 0 Å². The lowest BCUT2D eigenvalue weighted by Crippen LogP contribution is -2.14. The van der Waals surface area contributed by atoms with Gasteiger partial charge in [0.25, 0.3) is 0 Å². The van der Waals surface area contributed by atoms with Gasteiger partial charge in [-0.3, -0.25) is 10.1 Å². The fourth-order valence-electron chi connectivity index (χ4n) is 2.03. The van der Waals surface area contributed by atoms with Gasteiger partial charge < -0.3 is 5.73 Å². The number of nitrogens with two attached hydrogens (primary N) is 1. The van der Waals surface area contributed by atoms with E-state index in [0.29, 0.717) is 17.1 Å². The summed E-state index contributed by atoms with van der Waals surface area (Å²) in [6.07, 6.45) is 0. The van der Waals surface area contributed by atoms with Crippen LogP contribution in [0.1, 0.15) is 11.3 Å². The zero-order valence-electron chi connectivity index (χ0n) is 11.1. The minimum atomic E-state index is -0.282. The van der Waals surface area contributed by atoms with Gasteiger partial charge in [-0.1, -0.05) is 36.4 Å². The van der Waals surface area contributed by atoms with Gasteiger partial charge in [0.05, 0.1) is 12.1 Å². The molecule has 0 aliphatic heterocycles. The van der Waals surface area contributed by atoms with E-state index in [2.05, 4.69) is 15.2 Å². The van der Waals surface area contributed by atoms with E-state index in [1.165, 1.54) is 6.07 Å². The van der Waals surface area contributed by atoms with Gasteiger partial charge in [0.1, 0.15) is 17.3 Å². The summed E-state index contributed by atoms with van der Waals surface area (Å²) in [6, 6.07) is 14.2. The number of aromatic amines is 1. The predicted molar refractivity (Wildman–Crippen MR) is 84.2 cm³/mol. The summed E-state index contributed by atoms with van der Waals surface area (Å²) in [5.41, 5.74) is 7.95. The van der Waals surface area contributed by atoms with Crippen LogP contribution in [0.2, 0.25) is 0 Å². The summed E-state index contributed by atoms with van der Waals surface area (Å²) in [7, 11) is 0. The highest BCUT2D eigenvalue weighted by Gasteiger charge is 2.08. The molecule has 2 aromatic carbocycles. The number of para-hydroxylation sites is 1. The number of amidine groups is 1. The molecular weight excluding hydrogens is 291 g/mol. The molecule has 0 aliphatic carbocycles. The van der Waals surface area contributed by atoms with Gasteiger partial charge in [0, 0.05) is 10.9 Å². The van der Waals surface area contributed by atoms with E-state index in [9.17, 15) is 4.39 Å². The van der Waals surface area contributed by atoms with Crippen molar-refractivity contribution in [2.75, 3.05) is 0 Å². The number of nitrogens with zero attached hydrogens (tertiary/aromatic N) is 2. The summed E-state index contributed by atoms with van der Waals surface area (Å²) in [5.74, 6) is 0.0154. The zero-order chi connectivity index (χ0) is 13.9. The summed E-state index contributed by atoms with van der Waals surface area (Å²) >= 11 is 0. The fourth-order valence-corrected chi connectivity index (χ4v) is 2.03. The van der Waals surface area contributed by atoms with Crippen LogP contribution in [0, 0.1) is 5.82 Å². The van der Waals surface area contributed by atoms with E-state index in [1.807, 2.05) is 24.3 Å². The summed E-state index contributed by atoms with van der Waals surface area (Å²) in [6.45, 7) is 0.194. The van der Waals surface area contributed by atoms with Crippen LogP contribution in [0.25, 0.3) is 10.9 Å². The Bertz CT molecular complexity index is 782. The third kappa shape index (κ3) is 3.03. The van der Waals surface area contributed by atoms with Crippen molar-refractivity contribution in [3.8, 4) is 0 Å². The molecule has 21 heavy (non-hydrogen) atoms. The maximum Gasteiger partial charge on any atom is 0.147 e. The van der Waals surface area contributed by atoms with Crippen LogP contribution in [0.4, 0.5) is 4.39 Å².